The summed E-state index contributed by atoms with van der Waals surface area (Å²) in [5.74, 6) is 2.55. The fourth-order valence-corrected chi connectivity index (χ4v) is 3.36. The van der Waals surface area contributed by atoms with Gasteiger partial charge >= 0.3 is 0 Å². The SMILES string of the molecule is Cc1ccc(CSCCNC(=O)COc2ccccc2C(C)(C)C)cc1. The van der Waals surface area contributed by atoms with Crippen LogP contribution in [0.2, 0.25) is 0 Å². The Hall–Kier alpha value is -1.94. The van der Waals surface area contributed by atoms with Gasteiger partial charge in [-0.1, -0.05) is 68.8 Å². The summed E-state index contributed by atoms with van der Waals surface area (Å²) in [4.78, 5) is 12.0. The van der Waals surface area contributed by atoms with Gasteiger partial charge < -0.3 is 10.1 Å². The van der Waals surface area contributed by atoms with Crippen molar-refractivity contribution in [3.63, 3.8) is 0 Å². The van der Waals surface area contributed by atoms with Crippen LogP contribution in [-0.4, -0.2) is 24.8 Å². The molecule has 0 aliphatic carbocycles. The Morgan fingerprint density at radius 2 is 1.77 bits per heavy atom. The molecule has 0 saturated carbocycles. The number of amides is 1. The number of hydrogen-bond donors (Lipinski definition) is 1. The van der Waals surface area contributed by atoms with Gasteiger partial charge in [-0.15, -0.1) is 0 Å². The molecule has 1 N–H and O–H groups in total. The van der Waals surface area contributed by atoms with Crippen molar-refractivity contribution >= 4 is 17.7 Å². The lowest BCUT2D eigenvalue weighted by atomic mass is 9.86. The molecule has 1 amide bonds. The van der Waals surface area contributed by atoms with E-state index < -0.39 is 0 Å². The third-order valence-electron chi connectivity index (χ3n) is 4.01. The molecule has 0 unspecified atom stereocenters. The Bertz CT molecular complexity index is 705. The zero-order chi connectivity index (χ0) is 19.0. The largest absolute Gasteiger partial charge is 0.483 e. The maximum atomic E-state index is 12.0. The standard InChI is InChI=1S/C22H29NO2S/c1-17-9-11-18(12-10-17)16-26-14-13-23-21(24)15-25-20-8-6-5-7-19(20)22(2,3)4/h5-12H,13-16H2,1-4H3,(H,23,24). The van der Waals surface area contributed by atoms with E-state index in [9.17, 15) is 4.79 Å². The van der Waals surface area contributed by atoms with Crippen molar-refractivity contribution in [3.05, 3.63) is 65.2 Å². The third-order valence-corrected chi connectivity index (χ3v) is 5.04. The topological polar surface area (TPSA) is 38.3 Å². The van der Waals surface area contributed by atoms with Gasteiger partial charge in [0.15, 0.2) is 6.61 Å². The summed E-state index contributed by atoms with van der Waals surface area (Å²) in [6, 6.07) is 16.5. The number of benzene rings is 2. The summed E-state index contributed by atoms with van der Waals surface area (Å²) in [6.07, 6.45) is 0. The van der Waals surface area contributed by atoms with E-state index in [1.807, 2.05) is 30.0 Å². The Morgan fingerprint density at radius 1 is 1.08 bits per heavy atom. The summed E-state index contributed by atoms with van der Waals surface area (Å²) in [5.41, 5.74) is 3.69. The van der Waals surface area contributed by atoms with Crippen LogP contribution in [0.4, 0.5) is 0 Å². The lowest BCUT2D eigenvalue weighted by Crippen LogP contribution is -2.31. The van der Waals surface area contributed by atoms with Crippen LogP contribution in [0, 0.1) is 6.92 Å². The van der Waals surface area contributed by atoms with Crippen molar-refractivity contribution in [2.75, 3.05) is 18.9 Å². The number of nitrogens with one attached hydrogen (secondary N) is 1. The maximum absolute atomic E-state index is 12.0. The van der Waals surface area contributed by atoms with E-state index in [4.69, 9.17) is 4.74 Å². The van der Waals surface area contributed by atoms with Gasteiger partial charge in [0, 0.05) is 18.1 Å². The normalized spacial score (nSPS) is 11.2. The monoisotopic (exact) mass is 371 g/mol. The molecule has 0 radical (unpaired) electrons. The highest BCUT2D eigenvalue weighted by atomic mass is 32.2. The van der Waals surface area contributed by atoms with Gasteiger partial charge in [0.1, 0.15) is 5.75 Å². The van der Waals surface area contributed by atoms with E-state index in [0.717, 1.165) is 22.8 Å². The Labute approximate surface area is 161 Å². The molecule has 0 atom stereocenters. The second-order valence-corrected chi connectivity index (χ2v) is 8.53. The minimum atomic E-state index is -0.0790. The zero-order valence-corrected chi connectivity index (χ0v) is 17.0. The number of carbonyl (C=O) groups excluding carboxylic acids is 1. The van der Waals surface area contributed by atoms with Crippen LogP contribution in [0.1, 0.15) is 37.5 Å². The van der Waals surface area contributed by atoms with Gasteiger partial charge in [-0.05, 0) is 29.5 Å². The summed E-state index contributed by atoms with van der Waals surface area (Å²) in [7, 11) is 0. The quantitative estimate of drug-likeness (QED) is 0.682. The minimum Gasteiger partial charge on any atom is -0.483 e. The summed E-state index contributed by atoms with van der Waals surface area (Å²) in [5, 5.41) is 2.92. The Morgan fingerprint density at radius 3 is 2.46 bits per heavy atom. The molecule has 0 saturated heterocycles. The fraction of sp³-hybridized carbons (Fsp3) is 0.409. The minimum absolute atomic E-state index is 0.0142. The smallest absolute Gasteiger partial charge is 0.257 e. The molecule has 2 aromatic rings. The van der Waals surface area contributed by atoms with Crippen LogP contribution in [0.15, 0.2) is 48.5 Å². The van der Waals surface area contributed by atoms with Gasteiger partial charge in [-0.2, -0.15) is 11.8 Å². The maximum Gasteiger partial charge on any atom is 0.257 e. The summed E-state index contributed by atoms with van der Waals surface area (Å²) in [6.45, 7) is 9.21. The number of aryl methyl sites for hydroxylation is 1. The van der Waals surface area contributed by atoms with Crippen molar-refractivity contribution in [1.29, 1.82) is 0 Å². The van der Waals surface area contributed by atoms with Gasteiger partial charge in [0.25, 0.3) is 5.91 Å². The molecule has 0 aliphatic heterocycles. The Balaban J connectivity index is 1.67. The van der Waals surface area contributed by atoms with Crippen molar-refractivity contribution in [3.8, 4) is 5.75 Å². The van der Waals surface area contributed by atoms with Crippen molar-refractivity contribution in [1.82, 2.24) is 5.32 Å². The molecule has 0 bridgehead atoms. The first-order valence-corrected chi connectivity index (χ1v) is 10.1. The van der Waals surface area contributed by atoms with E-state index in [2.05, 4.69) is 63.3 Å². The molecule has 0 heterocycles. The number of ether oxygens (including phenoxy) is 1. The number of rotatable bonds is 8. The first-order valence-electron chi connectivity index (χ1n) is 8.98. The van der Waals surface area contributed by atoms with Crippen LogP contribution >= 0.6 is 11.8 Å². The number of para-hydroxylation sites is 1. The average Bonchev–Trinajstić information content (AvgIpc) is 2.61. The molecule has 3 nitrogen and oxygen atoms in total. The Kier molecular flexibility index (Phi) is 7.58. The van der Waals surface area contributed by atoms with Crippen LogP contribution in [-0.2, 0) is 16.0 Å². The van der Waals surface area contributed by atoms with Crippen LogP contribution < -0.4 is 10.1 Å². The van der Waals surface area contributed by atoms with Crippen molar-refractivity contribution in [2.45, 2.75) is 38.9 Å². The van der Waals surface area contributed by atoms with E-state index >= 15 is 0 Å². The molecule has 26 heavy (non-hydrogen) atoms. The van der Waals surface area contributed by atoms with Crippen LogP contribution in [0.3, 0.4) is 0 Å². The molecule has 0 aliphatic rings. The predicted octanol–water partition coefficient (Wildman–Crippen LogP) is 4.72. The van der Waals surface area contributed by atoms with E-state index in [0.29, 0.717) is 6.54 Å². The first kappa shape index (κ1) is 20.4. The molecule has 0 fully saturated rings. The predicted molar refractivity (Wildman–Crippen MR) is 111 cm³/mol. The number of carbonyl (C=O) groups is 1. The van der Waals surface area contributed by atoms with E-state index in [1.165, 1.54) is 11.1 Å². The molecular weight excluding hydrogens is 342 g/mol. The van der Waals surface area contributed by atoms with Gasteiger partial charge in [-0.3, -0.25) is 4.79 Å². The number of hydrogen-bond acceptors (Lipinski definition) is 3. The molecule has 0 aromatic heterocycles. The van der Waals surface area contributed by atoms with Gasteiger partial charge in [0.2, 0.25) is 0 Å². The molecule has 0 spiro atoms. The lowest BCUT2D eigenvalue weighted by Gasteiger charge is -2.22. The molecule has 2 rings (SSSR count). The highest BCUT2D eigenvalue weighted by Crippen LogP contribution is 2.30. The van der Waals surface area contributed by atoms with Gasteiger partial charge in [-0.25, -0.2) is 0 Å². The summed E-state index contributed by atoms with van der Waals surface area (Å²) >= 11 is 1.82. The van der Waals surface area contributed by atoms with Crippen molar-refractivity contribution in [2.24, 2.45) is 0 Å². The molecule has 4 heteroatoms. The van der Waals surface area contributed by atoms with Gasteiger partial charge in [0.05, 0.1) is 0 Å². The second kappa shape index (κ2) is 9.67. The van der Waals surface area contributed by atoms with E-state index in [-0.39, 0.29) is 17.9 Å². The van der Waals surface area contributed by atoms with Crippen LogP contribution in [0.5, 0.6) is 5.75 Å². The fourth-order valence-electron chi connectivity index (χ4n) is 2.54. The second-order valence-electron chi connectivity index (χ2n) is 7.42. The van der Waals surface area contributed by atoms with Crippen molar-refractivity contribution < 1.29 is 9.53 Å². The zero-order valence-electron chi connectivity index (χ0n) is 16.2. The molecular formula is C22H29NO2S. The third kappa shape index (κ3) is 6.75. The average molecular weight is 372 g/mol. The highest BCUT2D eigenvalue weighted by Gasteiger charge is 2.18. The van der Waals surface area contributed by atoms with Crippen LogP contribution in [0.25, 0.3) is 0 Å². The molecule has 140 valence electrons. The first-order chi connectivity index (χ1) is 12.4. The highest BCUT2D eigenvalue weighted by molar-refractivity contribution is 7.98. The lowest BCUT2D eigenvalue weighted by molar-refractivity contribution is -0.122. The molecule has 2 aromatic carbocycles. The number of thioether (sulfide) groups is 1. The van der Waals surface area contributed by atoms with E-state index in [1.54, 1.807) is 0 Å². The summed E-state index contributed by atoms with van der Waals surface area (Å²) < 4.78 is 5.74.